The largest absolute Gasteiger partial charge is 0.465 e. The molecule has 5 heteroatoms. The molecule has 0 spiro atoms. The summed E-state index contributed by atoms with van der Waals surface area (Å²) in [6, 6.07) is 0. The molecule has 2 atom stereocenters. The summed E-state index contributed by atoms with van der Waals surface area (Å²) in [6.45, 7) is 4.89. The molecule has 4 nitrogen and oxygen atoms in total. The zero-order valence-electron chi connectivity index (χ0n) is 10.6. The van der Waals surface area contributed by atoms with E-state index in [1.54, 1.807) is 0 Å². The first-order chi connectivity index (χ1) is 8.20. The summed E-state index contributed by atoms with van der Waals surface area (Å²) < 4.78 is 10.3. The van der Waals surface area contributed by atoms with Crippen molar-refractivity contribution in [3.63, 3.8) is 0 Å². The fourth-order valence-electron chi connectivity index (χ4n) is 2.23. The highest BCUT2D eigenvalue weighted by Crippen LogP contribution is 2.29. The average molecular weight is 255 g/mol. The van der Waals surface area contributed by atoms with Gasteiger partial charge in [-0.05, 0) is 25.8 Å². The van der Waals surface area contributed by atoms with Crippen molar-refractivity contribution in [2.75, 3.05) is 6.54 Å². The maximum Gasteiger partial charge on any atom is 0.293 e. The second kappa shape index (κ2) is 5.78. The van der Waals surface area contributed by atoms with Crippen molar-refractivity contribution in [3.8, 4) is 5.19 Å². The minimum Gasteiger partial charge on any atom is -0.465 e. The van der Waals surface area contributed by atoms with Gasteiger partial charge in [-0.1, -0.05) is 20.3 Å². The second-order valence-corrected chi connectivity index (χ2v) is 5.72. The normalized spacial score (nSPS) is 25.2. The molecule has 96 valence electrons. The molecule has 0 saturated heterocycles. The van der Waals surface area contributed by atoms with Gasteiger partial charge in [0, 0.05) is 23.4 Å². The summed E-state index contributed by atoms with van der Waals surface area (Å²) in [4.78, 5) is 4.42. The van der Waals surface area contributed by atoms with Crippen molar-refractivity contribution < 1.29 is 4.74 Å². The van der Waals surface area contributed by atoms with Crippen LogP contribution in [0.3, 0.4) is 0 Å². The molecule has 2 rings (SSSR count). The lowest BCUT2D eigenvalue weighted by Crippen LogP contribution is -2.35. The molecule has 1 saturated carbocycles. The Morgan fingerprint density at radius 2 is 2.18 bits per heavy atom. The van der Waals surface area contributed by atoms with Gasteiger partial charge in [-0.2, -0.15) is 9.36 Å². The summed E-state index contributed by atoms with van der Waals surface area (Å²) in [6.07, 6.45) is 5.02. The Morgan fingerprint density at radius 1 is 1.41 bits per heavy atom. The van der Waals surface area contributed by atoms with Crippen molar-refractivity contribution in [1.82, 2.24) is 9.36 Å². The molecule has 1 aromatic heterocycles. The summed E-state index contributed by atoms with van der Waals surface area (Å²) in [5.74, 6) is 1.72. The molecule has 17 heavy (non-hydrogen) atoms. The summed E-state index contributed by atoms with van der Waals surface area (Å²) in [5.41, 5.74) is 5.79. The standard InChI is InChI=1S/C12H21N3OS/c1-8(2)11-14-12(17-15-11)16-10-6-4-3-5-9(10)7-13/h8-10H,3-7,13H2,1-2H3. The van der Waals surface area contributed by atoms with Crippen LogP contribution in [-0.4, -0.2) is 22.0 Å². The molecule has 0 aromatic carbocycles. The maximum absolute atomic E-state index is 5.95. The van der Waals surface area contributed by atoms with E-state index >= 15 is 0 Å². The van der Waals surface area contributed by atoms with Gasteiger partial charge in [0.1, 0.15) is 11.9 Å². The van der Waals surface area contributed by atoms with Crippen LogP contribution in [0.25, 0.3) is 0 Å². The van der Waals surface area contributed by atoms with Gasteiger partial charge < -0.3 is 10.5 Å². The van der Waals surface area contributed by atoms with Crippen LogP contribution in [0.2, 0.25) is 0 Å². The van der Waals surface area contributed by atoms with Crippen molar-refractivity contribution in [3.05, 3.63) is 5.82 Å². The Labute approximate surface area is 107 Å². The van der Waals surface area contributed by atoms with Crippen molar-refractivity contribution in [2.45, 2.75) is 51.6 Å². The van der Waals surface area contributed by atoms with Crippen LogP contribution in [0.4, 0.5) is 0 Å². The van der Waals surface area contributed by atoms with Gasteiger partial charge in [0.05, 0.1) is 0 Å². The monoisotopic (exact) mass is 255 g/mol. The fourth-order valence-corrected chi connectivity index (χ4v) is 2.95. The average Bonchev–Trinajstić information content (AvgIpc) is 2.78. The lowest BCUT2D eigenvalue weighted by atomic mass is 9.86. The van der Waals surface area contributed by atoms with Crippen LogP contribution in [0.1, 0.15) is 51.3 Å². The van der Waals surface area contributed by atoms with Gasteiger partial charge >= 0.3 is 0 Å². The number of ether oxygens (including phenoxy) is 1. The molecule has 1 aromatic rings. The molecular weight excluding hydrogens is 234 g/mol. The Kier molecular flexibility index (Phi) is 4.34. The van der Waals surface area contributed by atoms with Crippen LogP contribution in [0.5, 0.6) is 5.19 Å². The molecule has 0 amide bonds. The molecule has 1 heterocycles. The molecule has 1 aliphatic rings. The Hall–Kier alpha value is -0.680. The predicted octanol–water partition coefficient (Wildman–Crippen LogP) is 2.56. The molecule has 0 bridgehead atoms. The number of nitrogens with zero attached hydrogens (tertiary/aromatic N) is 2. The topological polar surface area (TPSA) is 61.0 Å². The number of hydrogen-bond donors (Lipinski definition) is 1. The van der Waals surface area contributed by atoms with Crippen molar-refractivity contribution in [2.24, 2.45) is 11.7 Å². The van der Waals surface area contributed by atoms with Gasteiger partial charge in [-0.25, -0.2) is 0 Å². The first-order valence-electron chi connectivity index (χ1n) is 6.41. The number of rotatable bonds is 4. The molecule has 0 aliphatic heterocycles. The highest BCUT2D eigenvalue weighted by molar-refractivity contribution is 7.07. The van der Waals surface area contributed by atoms with Gasteiger partial charge in [-0.15, -0.1) is 0 Å². The van der Waals surface area contributed by atoms with Gasteiger partial charge in [0.25, 0.3) is 5.19 Å². The van der Waals surface area contributed by atoms with E-state index < -0.39 is 0 Å². The molecule has 0 radical (unpaired) electrons. The second-order valence-electron chi connectivity index (χ2n) is 5.01. The van der Waals surface area contributed by atoms with Gasteiger partial charge in [0.2, 0.25) is 0 Å². The first-order valence-corrected chi connectivity index (χ1v) is 7.18. The highest BCUT2D eigenvalue weighted by Gasteiger charge is 2.26. The van der Waals surface area contributed by atoms with Crippen LogP contribution < -0.4 is 10.5 Å². The lowest BCUT2D eigenvalue weighted by Gasteiger charge is -2.29. The first kappa shape index (κ1) is 12.8. The SMILES string of the molecule is CC(C)c1nsc(OC2CCCCC2CN)n1. The zero-order valence-corrected chi connectivity index (χ0v) is 11.4. The fraction of sp³-hybridized carbons (Fsp3) is 0.833. The smallest absolute Gasteiger partial charge is 0.293 e. The Balaban J connectivity index is 1.98. The van der Waals surface area contributed by atoms with E-state index in [2.05, 4.69) is 23.2 Å². The molecule has 1 aliphatic carbocycles. The third-order valence-corrected chi connectivity index (χ3v) is 3.96. The zero-order chi connectivity index (χ0) is 12.3. The van der Waals surface area contributed by atoms with E-state index in [9.17, 15) is 0 Å². The highest BCUT2D eigenvalue weighted by atomic mass is 32.1. The quantitative estimate of drug-likeness (QED) is 0.898. The predicted molar refractivity (Wildman–Crippen MR) is 69.4 cm³/mol. The number of nitrogens with two attached hydrogens (primary N) is 1. The third-order valence-electron chi connectivity index (χ3n) is 3.33. The number of hydrogen-bond acceptors (Lipinski definition) is 5. The Bertz CT molecular complexity index is 353. The van der Waals surface area contributed by atoms with Crippen molar-refractivity contribution >= 4 is 11.5 Å². The molecule has 2 N–H and O–H groups in total. The van der Waals surface area contributed by atoms with Crippen molar-refractivity contribution in [1.29, 1.82) is 0 Å². The summed E-state index contributed by atoms with van der Waals surface area (Å²) >= 11 is 1.36. The van der Waals surface area contributed by atoms with E-state index in [1.807, 2.05) is 0 Å². The summed E-state index contributed by atoms with van der Waals surface area (Å²) in [7, 11) is 0. The Morgan fingerprint density at radius 3 is 2.82 bits per heavy atom. The van der Waals surface area contributed by atoms with E-state index in [0.29, 0.717) is 23.6 Å². The van der Waals surface area contributed by atoms with E-state index in [1.165, 1.54) is 30.8 Å². The molecule has 2 unspecified atom stereocenters. The van der Waals surface area contributed by atoms with Crippen LogP contribution in [0.15, 0.2) is 0 Å². The minimum atomic E-state index is 0.238. The van der Waals surface area contributed by atoms with E-state index in [4.69, 9.17) is 10.5 Å². The van der Waals surface area contributed by atoms with E-state index in [-0.39, 0.29) is 6.10 Å². The van der Waals surface area contributed by atoms with Crippen LogP contribution >= 0.6 is 11.5 Å². The van der Waals surface area contributed by atoms with Crippen LogP contribution in [-0.2, 0) is 0 Å². The number of aromatic nitrogens is 2. The third kappa shape index (κ3) is 3.16. The maximum atomic E-state index is 5.95. The lowest BCUT2D eigenvalue weighted by molar-refractivity contribution is 0.0965. The van der Waals surface area contributed by atoms with E-state index in [0.717, 1.165) is 12.2 Å². The molecule has 1 fully saturated rings. The van der Waals surface area contributed by atoms with Gasteiger partial charge in [0.15, 0.2) is 0 Å². The van der Waals surface area contributed by atoms with Crippen LogP contribution in [0, 0.1) is 5.92 Å². The minimum absolute atomic E-state index is 0.238. The van der Waals surface area contributed by atoms with Gasteiger partial charge in [-0.3, -0.25) is 0 Å². The molecular formula is C12H21N3OS. The summed E-state index contributed by atoms with van der Waals surface area (Å²) in [5, 5.41) is 0.707.